The maximum Gasteiger partial charge on any atom is 0.234 e. The fourth-order valence-corrected chi connectivity index (χ4v) is 1.71. The van der Waals surface area contributed by atoms with Crippen molar-refractivity contribution in [2.75, 3.05) is 6.54 Å². The monoisotopic (exact) mass is 156 g/mol. The summed E-state index contributed by atoms with van der Waals surface area (Å²) in [7, 11) is 0. The van der Waals surface area contributed by atoms with Crippen molar-refractivity contribution in [2.24, 2.45) is 5.73 Å². The Morgan fingerprint density at radius 2 is 2.27 bits per heavy atom. The van der Waals surface area contributed by atoms with Crippen molar-refractivity contribution >= 4 is 5.91 Å². The minimum Gasteiger partial charge on any atom is -0.368 e. The standard InChI is InChI=1S/C8H16N2O/c1-6(2)10-5-3-4-7(10)8(9)11/h6-7H,3-5H2,1-2H3,(H2,9,11). The van der Waals surface area contributed by atoms with E-state index in [0.717, 1.165) is 19.4 Å². The third-order valence-corrected chi connectivity index (χ3v) is 2.29. The molecule has 0 aliphatic carbocycles. The summed E-state index contributed by atoms with van der Waals surface area (Å²) in [5, 5.41) is 0. The van der Waals surface area contributed by atoms with E-state index in [-0.39, 0.29) is 11.9 Å². The van der Waals surface area contributed by atoms with Gasteiger partial charge in [0, 0.05) is 6.04 Å². The third-order valence-electron chi connectivity index (χ3n) is 2.29. The van der Waals surface area contributed by atoms with Crippen LogP contribution >= 0.6 is 0 Å². The molecule has 1 fully saturated rings. The number of primary amides is 1. The molecule has 0 aromatic heterocycles. The van der Waals surface area contributed by atoms with Gasteiger partial charge in [-0.3, -0.25) is 9.69 Å². The highest BCUT2D eigenvalue weighted by molar-refractivity contribution is 5.80. The van der Waals surface area contributed by atoms with Gasteiger partial charge in [-0.15, -0.1) is 0 Å². The average Bonchev–Trinajstić information content (AvgIpc) is 2.32. The summed E-state index contributed by atoms with van der Waals surface area (Å²) < 4.78 is 0. The van der Waals surface area contributed by atoms with Crippen LogP contribution in [0.1, 0.15) is 26.7 Å². The minimum atomic E-state index is -0.170. The van der Waals surface area contributed by atoms with Gasteiger partial charge in [0.15, 0.2) is 0 Å². The Balaban J connectivity index is 2.58. The summed E-state index contributed by atoms with van der Waals surface area (Å²) >= 11 is 0. The molecule has 3 nitrogen and oxygen atoms in total. The Labute approximate surface area is 67.5 Å². The lowest BCUT2D eigenvalue weighted by Crippen LogP contribution is -2.43. The normalized spacial score (nSPS) is 26.3. The second kappa shape index (κ2) is 3.22. The number of hydrogen-bond donors (Lipinski definition) is 1. The molecule has 2 N–H and O–H groups in total. The highest BCUT2D eigenvalue weighted by Crippen LogP contribution is 2.18. The molecule has 1 heterocycles. The van der Waals surface area contributed by atoms with Crippen LogP contribution in [0.5, 0.6) is 0 Å². The molecular formula is C8H16N2O. The number of rotatable bonds is 2. The molecule has 1 saturated heterocycles. The fourth-order valence-electron chi connectivity index (χ4n) is 1.71. The van der Waals surface area contributed by atoms with Crippen molar-refractivity contribution in [1.29, 1.82) is 0 Å². The van der Waals surface area contributed by atoms with E-state index in [1.165, 1.54) is 0 Å². The predicted octanol–water partition coefficient (Wildman–Crippen LogP) is 0.345. The Kier molecular flexibility index (Phi) is 2.49. The van der Waals surface area contributed by atoms with Gasteiger partial charge in [-0.2, -0.15) is 0 Å². The molecular weight excluding hydrogens is 140 g/mol. The van der Waals surface area contributed by atoms with Gasteiger partial charge < -0.3 is 5.73 Å². The lowest BCUT2D eigenvalue weighted by molar-refractivity contribution is -0.122. The van der Waals surface area contributed by atoms with Crippen molar-refractivity contribution < 1.29 is 4.79 Å². The van der Waals surface area contributed by atoms with Crippen molar-refractivity contribution in [1.82, 2.24) is 4.90 Å². The number of nitrogens with two attached hydrogens (primary N) is 1. The zero-order valence-electron chi connectivity index (χ0n) is 7.21. The van der Waals surface area contributed by atoms with Gasteiger partial charge in [0.25, 0.3) is 0 Å². The summed E-state index contributed by atoms with van der Waals surface area (Å²) in [6, 6.07) is 0.435. The first kappa shape index (κ1) is 8.53. The van der Waals surface area contributed by atoms with Crippen LogP contribution in [0.15, 0.2) is 0 Å². The van der Waals surface area contributed by atoms with E-state index in [1.54, 1.807) is 0 Å². The van der Waals surface area contributed by atoms with E-state index in [4.69, 9.17) is 5.73 Å². The minimum absolute atomic E-state index is 0.00463. The van der Waals surface area contributed by atoms with Gasteiger partial charge in [0.05, 0.1) is 6.04 Å². The van der Waals surface area contributed by atoms with E-state index in [1.807, 2.05) is 0 Å². The number of likely N-dealkylation sites (tertiary alicyclic amines) is 1. The molecule has 1 amide bonds. The van der Waals surface area contributed by atoms with Crippen molar-refractivity contribution in [2.45, 2.75) is 38.8 Å². The second-order valence-corrected chi connectivity index (χ2v) is 3.39. The smallest absolute Gasteiger partial charge is 0.234 e. The number of carbonyl (C=O) groups is 1. The Bertz CT molecular complexity index is 156. The molecule has 0 aromatic carbocycles. The molecule has 0 spiro atoms. The maximum atomic E-state index is 10.9. The number of hydrogen-bond acceptors (Lipinski definition) is 2. The summed E-state index contributed by atoms with van der Waals surface area (Å²) in [6.45, 7) is 5.22. The van der Waals surface area contributed by atoms with Gasteiger partial charge in [0.1, 0.15) is 0 Å². The molecule has 64 valence electrons. The van der Waals surface area contributed by atoms with E-state index in [2.05, 4.69) is 18.7 Å². The fraction of sp³-hybridized carbons (Fsp3) is 0.875. The van der Waals surface area contributed by atoms with Gasteiger partial charge >= 0.3 is 0 Å². The molecule has 11 heavy (non-hydrogen) atoms. The van der Waals surface area contributed by atoms with Crippen LogP contribution in [-0.4, -0.2) is 29.4 Å². The number of amides is 1. The van der Waals surface area contributed by atoms with E-state index in [9.17, 15) is 4.79 Å². The topological polar surface area (TPSA) is 46.3 Å². The van der Waals surface area contributed by atoms with Crippen LogP contribution in [0.4, 0.5) is 0 Å². The molecule has 3 heteroatoms. The van der Waals surface area contributed by atoms with Gasteiger partial charge in [0.2, 0.25) is 5.91 Å². The van der Waals surface area contributed by atoms with Crippen LogP contribution in [0, 0.1) is 0 Å². The van der Waals surface area contributed by atoms with Crippen LogP contribution in [0.2, 0.25) is 0 Å². The SMILES string of the molecule is CC(C)N1CCCC1C(N)=O. The lowest BCUT2D eigenvalue weighted by Gasteiger charge is -2.25. The highest BCUT2D eigenvalue weighted by Gasteiger charge is 2.30. The Hall–Kier alpha value is -0.570. The molecule has 1 aliphatic rings. The summed E-state index contributed by atoms with van der Waals surface area (Å²) in [6.07, 6.45) is 2.04. The summed E-state index contributed by atoms with van der Waals surface area (Å²) in [4.78, 5) is 13.1. The Morgan fingerprint density at radius 1 is 1.64 bits per heavy atom. The average molecular weight is 156 g/mol. The van der Waals surface area contributed by atoms with Crippen LogP contribution in [0.25, 0.3) is 0 Å². The molecule has 0 saturated carbocycles. The lowest BCUT2D eigenvalue weighted by atomic mass is 10.2. The maximum absolute atomic E-state index is 10.9. The molecule has 1 aliphatic heterocycles. The predicted molar refractivity (Wildman–Crippen MR) is 44.1 cm³/mol. The quantitative estimate of drug-likeness (QED) is 0.627. The van der Waals surface area contributed by atoms with Crippen molar-refractivity contribution in [3.05, 3.63) is 0 Å². The van der Waals surface area contributed by atoms with Crippen molar-refractivity contribution in [3.63, 3.8) is 0 Å². The van der Waals surface area contributed by atoms with E-state index < -0.39 is 0 Å². The molecule has 1 atom stereocenters. The first-order valence-corrected chi connectivity index (χ1v) is 4.18. The molecule has 0 bridgehead atoms. The van der Waals surface area contributed by atoms with Crippen LogP contribution in [0.3, 0.4) is 0 Å². The number of nitrogens with zero attached hydrogens (tertiary/aromatic N) is 1. The largest absolute Gasteiger partial charge is 0.368 e. The van der Waals surface area contributed by atoms with Gasteiger partial charge in [-0.1, -0.05) is 0 Å². The Morgan fingerprint density at radius 3 is 2.64 bits per heavy atom. The first-order valence-electron chi connectivity index (χ1n) is 4.18. The zero-order chi connectivity index (χ0) is 8.43. The van der Waals surface area contributed by atoms with Gasteiger partial charge in [-0.05, 0) is 33.2 Å². The first-order chi connectivity index (χ1) is 5.13. The summed E-state index contributed by atoms with van der Waals surface area (Å²) in [5.74, 6) is -0.170. The van der Waals surface area contributed by atoms with Crippen LogP contribution < -0.4 is 5.73 Å². The molecule has 1 rings (SSSR count). The second-order valence-electron chi connectivity index (χ2n) is 3.39. The third kappa shape index (κ3) is 1.71. The molecule has 0 aromatic rings. The number of carbonyl (C=O) groups excluding carboxylic acids is 1. The summed E-state index contributed by atoms with van der Waals surface area (Å²) in [5.41, 5.74) is 5.25. The molecule has 1 unspecified atom stereocenters. The zero-order valence-corrected chi connectivity index (χ0v) is 7.21. The van der Waals surface area contributed by atoms with Crippen LogP contribution in [-0.2, 0) is 4.79 Å². The molecule has 0 radical (unpaired) electrons. The van der Waals surface area contributed by atoms with Crippen molar-refractivity contribution in [3.8, 4) is 0 Å². The van der Waals surface area contributed by atoms with E-state index in [0.29, 0.717) is 6.04 Å². The van der Waals surface area contributed by atoms with E-state index >= 15 is 0 Å². The highest BCUT2D eigenvalue weighted by atomic mass is 16.1. The van der Waals surface area contributed by atoms with Gasteiger partial charge in [-0.25, -0.2) is 0 Å².